The first-order valence-electron chi connectivity index (χ1n) is 7.77. The zero-order valence-corrected chi connectivity index (χ0v) is 15.0. The van der Waals surface area contributed by atoms with Crippen molar-refractivity contribution in [2.75, 3.05) is 11.9 Å². The second-order valence-electron chi connectivity index (χ2n) is 5.58. The Morgan fingerprint density at radius 3 is 2.37 bits per heavy atom. The third-order valence-corrected chi connectivity index (χ3v) is 4.79. The van der Waals surface area contributed by atoms with E-state index < -0.39 is 22.1 Å². The fourth-order valence-electron chi connectivity index (χ4n) is 2.15. The van der Waals surface area contributed by atoms with Crippen LogP contribution < -0.4 is 14.8 Å². The van der Waals surface area contributed by atoms with Crippen LogP contribution in [0.3, 0.4) is 0 Å². The number of aryl methyl sites for hydroxylation is 1. The zero-order chi connectivity index (χ0) is 20.1. The summed E-state index contributed by atoms with van der Waals surface area (Å²) in [6.07, 6.45) is -4.97. The molecule has 0 spiro atoms. The molecule has 2 aromatic rings. The van der Waals surface area contributed by atoms with E-state index in [2.05, 4.69) is 14.8 Å². The van der Waals surface area contributed by atoms with Crippen molar-refractivity contribution in [3.8, 4) is 5.75 Å². The van der Waals surface area contributed by atoms with Crippen LogP contribution in [-0.2, 0) is 14.8 Å². The highest BCUT2D eigenvalue weighted by Gasteiger charge is 2.31. The molecule has 0 aliphatic heterocycles. The molecule has 27 heavy (non-hydrogen) atoms. The third kappa shape index (κ3) is 6.91. The molecule has 0 saturated carbocycles. The number of carbonyl (C=O) groups excluding carboxylic acids is 1. The molecule has 146 valence electrons. The molecule has 0 unspecified atom stereocenters. The van der Waals surface area contributed by atoms with Crippen molar-refractivity contribution in [1.82, 2.24) is 4.72 Å². The summed E-state index contributed by atoms with van der Waals surface area (Å²) in [6, 6.07) is 10.9. The van der Waals surface area contributed by atoms with E-state index in [1.54, 1.807) is 18.2 Å². The predicted molar refractivity (Wildman–Crippen MR) is 92.7 cm³/mol. The molecule has 0 heterocycles. The molecule has 0 atom stereocenters. The fraction of sp³-hybridized carbons (Fsp3) is 0.235. The minimum absolute atomic E-state index is 0.109. The molecule has 0 bridgehead atoms. The summed E-state index contributed by atoms with van der Waals surface area (Å²) in [5.74, 6) is -0.906. The lowest BCUT2D eigenvalue weighted by Crippen LogP contribution is -2.27. The number of nitrogens with one attached hydrogen (secondary N) is 2. The van der Waals surface area contributed by atoms with E-state index in [0.29, 0.717) is 5.69 Å². The minimum Gasteiger partial charge on any atom is -0.406 e. The van der Waals surface area contributed by atoms with Crippen molar-refractivity contribution in [3.05, 3.63) is 54.1 Å². The standard InChI is InChI=1S/C17H17F3N2O4S/c1-12-3-2-4-13(11-12)22-16(23)9-10-21-27(24,25)15-7-5-14(6-8-15)26-17(18,19)20/h2-8,11,21H,9-10H2,1H3,(H,22,23). The van der Waals surface area contributed by atoms with Gasteiger partial charge in [-0.1, -0.05) is 12.1 Å². The van der Waals surface area contributed by atoms with Crippen molar-refractivity contribution in [3.63, 3.8) is 0 Å². The number of sulfonamides is 1. The van der Waals surface area contributed by atoms with Gasteiger partial charge in [0.05, 0.1) is 4.90 Å². The van der Waals surface area contributed by atoms with Crippen LogP contribution in [0.1, 0.15) is 12.0 Å². The predicted octanol–water partition coefficient (Wildman–Crippen LogP) is 3.20. The highest BCUT2D eigenvalue weighted by atomic mass is 32.2. The summed E-state index contributed by atoms with van der Waals surface area (Å²) in [5.41, 5.74) is 1.56. The lowest BCUT2D eigenvalue weighted by Gasteiger charge is -2.10. The Bertz CT molecular complexity index is 897. The summed E-state index contributed by atoms with van der Waals surface area (Å²) >= 11 is 0. The molecule has 1 amide bonds. The van der Waals surface area contributed by atoms with Gasteiger partial charge in [-0.15, -0.1) is 13.2 Å². The van der Waals surface area contributed by atoms with Crippen LogP contribution in [0.25, 0.3) is 0 Å². The van der Waals surface area contributed by atoms with Crippen molar-refractivity contribution in [1.29, 1.82) is 0 Å². The lowest BCUT2D eigenvalue weighted by molar-refractivity contribution is -0.274. The van der Waals surface area contributed by atoms with E-state index in [9.17, 15) is 26.4 Å². The quantitative estimate of drug-likeness (QED) is 0.745. The van der Waals surface area contributed by atoms with E-state index in [1.807, 2.05) is 13.0 Å². The number of alkyl halides is 3. The summed E-state index contributed by atoms with van der Waals surface area (Å²) < 4.78 is 66.4. The van der Waals surface area contributed by atoms with Crippen LogP contribution in [-0.4, -0.2) is 27.2 Å². The molecule has 10 heteroatoms. The Kier molecular flexibility index (Phi) is 6.45. The smallest absolute Gasteiger partial charge is 0.406 e. The van der Waals surface area contributed by atoms with Crippen LogP contribution >= 0.6 is 0 Å². The first-order chi connectivity index (χ1) is 12.5. The maximum Gasteiger partial charge on any atom is 0.573 e. The van der Waals surface area contributed by atoms with Gasteiger partial charge in [-0.25, -0.2) is 13.1 Å². The number of anilines is 1. The van der Waals surface area contributed by atoms with Gasteiger partial charge in [-0.05, 0) is 48.9 Å². The molecule has 0 fully saturated rings. The molecule has 0 aromatic heterocycles. The topological polar surface area (TPSA) is 84.5 Å². The number of carbonyl (C=O) groups is 1. The number of amides is 1. The van der Waals surface area contributed by atoms with Gasteiger partial charge in [0.2, 0.25) is 15.9 Å². The Hall–Kier alpha value is -2.59. The van der Waals surface area contributed by atoms with Crippen LogP contribution in [0.4, 0.5) is 18.9 Å². The fourth-order valence-corrected chi connectivity index (χ4v) is 3.18. The number of benzene rings is 2. The number of rotatable bonds is 7. The number of hydrogen-bond acceptors (Lipinski definition) is 4. The maximum absolute atomic E-state index is 12.1. The summed E-state index contributed by atoms with van der Waals surface area (Å²) in [6.45, 7) is 1.70. The van der Waals surface area contributed by atoms with Crippen LogP contribution in [0, 0.1) is 6.92 Å². The molecular formula is C17H17F3N2O4S. The molecule has 2 rings (SSSR count). The average molecular weight is 402 g/mol. The molecule has 0 aliphatic carbocycles. The van der Waals surface area contributed by atoms with E-state index in [-0.39, 0.29) is 23.8 Å². The van der Waals surface area contributed by atoms with Crippen molar-refractivity contribution in [2.24, 2.45) is 0 Å². The molecular weight excluding hydrogens is 385 g/mol. The Morgan fingerprint density at radius 2 is 1.78 bits per heavy atom. The number of hydrogen-bond donors (Lipinski definition) is 2. The normalized spacial score (nSPS) is 11.9. The zero-order valence-electron chi connectivity index (χ0n) is 14.2. The van der Waals surface area contributed by atoms with Gasteiger partial charge < -0.3 is 10.1 Å². The highest BCUT2D eigenvalue weighted by molar-refractivity contribution is 7.89. The van der Waals surface area contributed by atoms with E-state index in [1.165, 1.54) is 0 Å². The Labute approximate surface area is 154 Å². The van der Waals surface area contributed by atoms with Crippen LogP contribution in [0.5, 0.6) is 5.75 Å². The molecule has 0 aliphatic rings. The molecule has 0 saturated heterocycles. The van der Waals surface area contributed by atoms with Gasteiger partial charge in [-0.3, -0.25) is 4.79 Å². The third-order valence-electron chi connectivity index (χ3n) is 3.31. The van der Waals surface area contributed by atoms with E-state index in [4.69, 9.17) is 0 Å². The summed E-state index contributed by atoms with van der Waals surface area (Å²) in [5, 5.41) is 2.64. The van der Waals surface area contributed by atoms with E-state index in [0.717, 1.165) is 29.8 Å². The average Bonchev–Trinajstić information content (AvgIpc) is 2.53. The summed E-state index contributed by atoms with van der Waals surface area (Å²) in [4.78, 5) is 11.6. The minimum atomic E-state index is -4.86. The first kappa shape index (κ1) is 20.7. The Morgan fingerprint density at radius 1 is 1.11 bits per heavy atom. The SMILES string of the molecule is Cc1cccc(NC(=O)CCNS(=O)(=O)c2ccc(OC(F)(F)F)cc2)c1. The number of ether oxygens (including phenoxy) is 1. The molecule has 0 radical (unpaired) electrons. The largest absolute Gasteiger partial charge is 0.573 e. The van der Waals surface area contributed by atoms with Crippen molar-refractivity contribution < 1.29 is 31.1 Å². The number of halogens is 3. The highest BCUT2D eigenvalue weighted by Crippen LogP contribution is 2.23. The molecule has 2 N–H and O–H groups in total. The second kappa shape index (κ2) is 8.40. The maximum atomic E-state index is 12.1. The van der Waals surface area contributed by atoms with Gasteiger partial charge in [0.15, 0.2) is 0 Å². The van der Waals surface area contributed by atoms with Gasteiger partial charge >= 0.3 is 6.36 Å². The molecule has 2 aromatic carbocycles. The van der Waals surface area contributed by atoms with Gasteiger partial charge in [0, 0.05) is 18.7 Å². The second-order valence-corrected chi connectivity index (χ2v) is 7.35. The first-order valence-corrected chi connectivity index (χ1v) is 9.25. The van der Waals surface area contributed by atoms with Crippen LogP contribution in [0.15, 0.2) is 53.4 Å². The lowest BCUT2D eigenvalue weighted by atomic mass is 10.2. The van der Waals surface area contributed by atoms with Gasteiger partial charge in [0.1, 0.15) is 5.75 Å². The summed E-state index contributed by atoms with van der Waals surface area (Å²) in [7, 11) is -3.96. The van der Waals surface area contributed by atoms with Crippen molar-refractivity contribution in [2.45, 2.75) is 24.6 Å². The molecule has 6 nitrogen and oxygen atoms in total. The van der Waals surface area contributed by atoms with Gasteiger partial charge in [-0.2, -0.15) is 0 Å². The monoisotopic (exact) mass is 402 g/mol. The van der Waals surface area contributed by atoms with E-state index >= 15 is 0 Å². The van der Waals surface area contributed by atoms with Gasteiger partial charge in [0.25, 0.3) is 0 Å². The van der Waals surface area contributed by atoms with Crippen molar-refractivity contribution >= 4 is 21.6 Å². The van der Waals surface area contributed by atoms with Crippen LogP contribution in [0.2, 0.25) is 0 Å². The Balaban J connectivity index is 1.88.